The molecule has 1 rings (SSSR count). The molecule has 1 atom stereocenters. The Hall–Kier alpha value is -1.16. The van der Waals surface area contributed by atoms with Gasteiger partial charge in [-0.3, -0.25) is 9.48 Å². The van der Waals surface area contributed by atoms with Crippen LogP contribution in [0.2, 0.25) is 0 Å². The van der Waals surface area contributed by atoms with Crippen molar-refractivity contribution in [2.75, 3.05) is 13.7 Å². The summed E-state index contributed by atoms with van der Waals surface area (Å²) in [5.74, 6) is 0.544. The Balaban J connectivity index is 2.60. The van der Waals surface area contributed by atoms with Crippen molar-refractivity contribution in [1.82, 2.24) is 9.78 Å². The molecular formula is C14H24N2O2. The number of nitrogens with zero attached hydrogens (tertiary/aromatic N) is 2. The van der Waals surface area contributed by atoms with E-state index in [9.17, 15) is 4.79 Å². The van der Waals surface area contributed by atoms with E-state index in [4.69, 9.17) is 4.74 Å². The minimum Gasteiger partial charge on any atom is -0.384 e. The molecule has 102 valence electrons. The number of ether oxygens (including phenoxy) is 1. The summed E-state index contributed by atoms with van der Waals surface area (Å²) in [5.41, 5.74) is 2.09. The molecule has 0 amide bonds. The molecule has 4 heteroatoms. The van der Waals surface area contributed by atoms with Crippen LogP contribution < -0.4 is 0 Å². The van der Waals surface area contributed by atoms with E-state index in [-0.39, 0.29) is 11.7 Å². The third-order valence-electron chi connectivity index (χ3n) is 2.98. The second-order valence-corrected chi connectivity index (χ2v) is 4.78. The van der Waals surface area contributed by atoms with Gasteiger partial charge in [-0.2, -0.15) is 5.10 Å². The molecule has 1 aromatic rings. The normalized spacial score (nSPS) is 12.7. The van der Waals surface area contributed by atoms with Crippen molar-refractivity contribution in [3.8, 4) is 0 Å². The Morgan fingerprint density at radius 3 is 2.78 bits per heavy atom. The zero-order valence-corrected chi connectivity index (χ0v) is 11.9. The van der Waals surface area contributed by atoms with E-state index in [1.807, 2.05) is 24.6 Å². The van der Waals surface area contributed by atoms with Crippen molar-refractivity contribution < 1.29 is 9.53 Å². The van der Waals surface area contributed by atoms with Gasteiger partial charge in [0, 0.05) is 38.8 Å². The molecule has 4 nitrogen and oxygen atoms in total. The average molecular weight is 252 g/mol. The SMILES string of the molecule is CCc1cc(CC(=O)CC(C)COC)n(CC)n1. The van der Waals surface area contributed by atoms with Crippen LogP contribution in [-0.4, -0.2) is 29.3 Å². The number of ketones is 1. The molecule has 0 aliphatic rings. The maximum atomic E-state index is 12.0. The molecule has 18 heavy (non-hydrogen) atoms. The predicted molar refractivity (Wildman–Crippen MR) is 71.6 cm³/mol. The van der Waals surface area contributed by atoms with Crippen molar-refractivity contribution in [3.05, 3.63) is 17.5 Å². The zero-order chi connectivity index (χ0) is 13.5. The maximum Gasteiger partial charge on any atom is 0.139 e. The van der Waals surface area contributed by atoms with E-state index in [0.717, 1.165) is 24.4 Å². The van der Waals surface area contributed by atoms with E-state index in [1.165, 1.54) is 0 Å². The Bertz CT molecular complexity index is 385. The molecule has 1 unspecified atom stereocenters. The number of aromatic nitrogens is 2. The fraction of sp³-hybridized carbons (Fsp3) is 0.714. The number of aryl methyl sites for hydroxylation is 2. The first-order valence-electron chi connectivity index (χ1n) is 6.66. The quantitative estimate of drug-likeness (QED) is 0.712. The van der Waals surface area contributed by atoms with Gasteiger partial charge in [0.05, 0.1) is 5.69 Å². The van der Waals surface area contributed by atoms with E-state index in [2.05, 4.69) is 12.0 Å². The first-order chi connectivity index (χ1) is 8.60. The molecular weight excluding hydrogens is 228 g/mol. The highest BCUT2D eigenvalue weighted by Gasteiger charge is 2.13. The van der Waals surface area contributed by atoms with E-state index in [0.29, 0.717) is 19.4 Å². The summed E-state index contributed by atoms with van der Waals surface area (Å²) >= 11 is 0. The summed E-state index contributed by atoms with van der Waals surface area (Å²) in [5, 5.41) is 4.46. The lowest BCUT2D eigenvalue weighted by Crippen LogP contribution is -2.14. The van der Waals surface area contributed by atoms with Gasteiger partial charge in [0.1, 0.15) is 5.78 Å². The van der Waals surface area contributed by atoms with Crippen LogP contribution >= 0.6 is 0 Å². The lowest BCUT2D eigenvalue weighted by atomic mass is 10.0. The number of carbonyl (C=O) groups excluding carboxylic acids is 1. The molecule has 1 heterocycles. The average Bonchev–Trinajstić information content (AvgIpc) is 2.71. The highest BCUT2D eigenvalue weighted by molar-refractivity contribution is 5.80. The van der Waals surface area contributed by atoms with Crippen LogP contribution in [0, 0.1) is 5.92 Å². The minimum atomic E-state index is 0.261. The third kappa shape index (κ3) is 4.26. The minimum absolute atomic E-state index is 0.261. The Kier molecular flexibility index (Phi) is 6.05. The largest absolute Gasteiger partial charge is 0.384 e. The molecule has 0 radical (unpaired) electrons. The molecule has 0 fully saturated rings. The zero-order valence-electron chi connectivity index (χ0n) is 11.9. The van der Waals surface area contributed by atoms with Crippen LogP contribution in [0.25, 0.3) is 0 Å². The number of methoxy groups -OCH3 is 1. The van der Waals surface area contributed by atoms with Gasteiger partial charge in [-0.15, -0.1) is 0 Å². The van der Waals surface area contributed by atoms with E-state index >= 15 is 0 Å². The molecule has 0 aliphatic heterocycles. The molecule has 0 aliphatic carbocycles. The van der Waals surface area contributed by atoms with Crippen molar-refractivity contribution in [3.63, 3.8) is 0 Å². The molecule has 0 aromatic carbocycles. The summed E-state index contributed by atoms with van der Waals surface area (Å²) in [6.07, 6.45) is 1.97. The number of carbonyl (C=O) groups is 1. The van der Waals surface area contributed by atoms with Crippen molar-refractivity contribution in [2.24, 2.45) is 5.92 Å². The van der Waals surface area contributed by atoms with Crippen LogP contribution in [0.3, 0.4) is 0 Å². The van der Waals surface area contributed by atoms with Gasteiger partial charge in [0.25, 0.3) is 0 Å². The topological polar surface area (TPSA) is 44.1 Å². The molecule has 0 N–H and O–H groups in total. The fourth-order valence-corrected chi connectivity index (χ4v) is 2.11. The first-order valence-corrected chi connectivity index (χ1v) is 6.66. The summed E-state index contributed by atoms with van der Waals surface area (Å²) in [7, 11) is 1.67. The maximum absolute atomic E-state index is 12.0. The van der Waals surface area contributed by atoms with E-state index in [1.54, 1.807) is 7.11 Å². The van der Waals surface area contributed by atoms with Gasteiger partial charge in [0.15, 0.2) is 0 Å². The Labute approximate surface area is 109 Å². The smallest absolute Gasteiger partial charge is 0.139 e. The summed E-state index contributed by atoms with van der Waals surface area (Å²) in [4.78, 5) is 12.0. The number of hydrogen-bond donors (Lipinski definition) is 0. The third-order valence-corrected chi connectivity index (χ3v) is 2.98. The first kappa shape index (κ1) is 14.9. The molecule has 1 aromatic heterocycles. The number of rotatable bonds is 8. The summed E-state index contributed by atoms with van der Waals surface area (Å²) in [6, 6.07) is 2.04. The molecule has 0 bridgehead atoms. The Morgan fingerprint density at radius 2 is 2.22 bits per heavy atom. The fourth-order valence-electron chi connectivity index (χ4n) is 2.11. The van der Waals surface area contributed by atoms with Crippen molar-refractivity contribution >= 4 is 5.78 Å². The van der Waals surface area contributed by atoms with Gasteiger partial charge in [0.2, 0.25) is 0 Å². The lowest BCUT2D eigenvalue weighted by Gasteiger charge is -2.09. The van der Waals surface area contributed by atoms with Crippen LogP contribution in [-0.2, 0) is 28.9 Å². The standard InChI is InChI=1S/C14H24N2O2/c1-5-12-8-13(16(6-2)15-12)9-14(17)7-11(3)10-18-4/h8,11H,5-7,9-10H2,1-4H3. The van der Waals surface area contributed by atoms with Gasteiger partial charge in [-0.25, -0.2) is 0 Å². The molecule has 0 saturated heterocycles. The monoisotopic (exact) mass is 252 g/mol. The van der Waals surface area contributed by atoms with Gasteiger partial charge < -0.3 is 4.74 Å². The number of hydrogen-bond acceptors (Lipinski definition) is 3. The van der Waals surface area contributed by atoms with Gasteiger partial charge in [-0.1, -0.05) is 13.8 Å². The van der Waals surface area contributed by atoms with Gasteiger partial charge in [-0.05, 0) is 25.3 Å². The van der Waals surface area contributed by atoms with Crippen LogP contribution in [0.15, 0.2) is 6.07 Å². The summed E-state index contributed by atoms with van der Waals surface area (Å²) < 4.78 is 6.98. The molecule has 0 saturated carbocycles. The van der Waals surface area contributed by atoms with E-state index < -0.39 is 0 Å². The van der Waals surface area contributed by atoms with Crippen LogP contribution in [0.1, 0.15) is 38.6 Å². The second-order valence-electron chi connectivity index (χ2n) is 4.78. The van der Waals surface area contributed by atoms with Crippen molar-refractivity contribution in [1.29, 1.82) is 0 Å². The van der Waals surface area contributed by atoms with Crippen LogP contribution in [0.4, 0.5) is 0 Å². The van der Waals surface area contributed by atoms with Crippen LogP contribution in [0.5, 0.6) is 0 Å². The Morgan fingerprint density at radius 1 is 1.50 bits per heavy atom. The predicted octanol–water partition coefficient (Wildman–Crippen LogP) is 2.25. The lowest BCUT2D eigenvalue weighted by molar-refractivity contribution is -0.119. The highest BCUT2D eigenvalue weighted by Crippen LogP contribution is 2.10. The van der Waals surface area contributed by atoms with Gasteiger partial charge >= 0.3 is 0 Å². The highest BCUT2D eigenvalue weighted by atomic mass is 16.5. The molecule has 0 spiro atoms. The van der Waals surface area contributed by atoms with Crippen molar-refractivity contribution in [2.45, 2.75) is 46.6 Å². The summed E-state index contributed by atoms with van der Waals surface area (Å²) in [6.45, 7) is 7.62. The number of Topliss-reactive ketones (excluding diaryl/α,β-unsaturated/α-hetero) is 1. The second kappa shape index (κ2) is 7.31.